The van der Waals surface area contributed by atoms with Crippen LogP contribution in [0, 0.1) is 18.6 Å². The first-order valence-corrected chi connectivity index (χ1v) is 6.53. The van der Waals surface area contributed by atoms with Crippen molar-refractivity contribution in [1.29, 1.82) is 0 Å². The van der Waals surface area contributed by atoms with Gasteiger partial charge in [-0.1, -0.05) is 17.7 Å². The first kappa shape index (κ1) is 14.7. The van der Waals surface area contributed by atoms with Gasteiger partial charge in [-0.3, -0.25) is 0 Å². The number of halogens is 3. The van der Waals surface area contributed by atoms with E-state index in [4.69, 9.17) is 23.8 Å². The predicted octanol–water partition coefficient (Wildman–Crippen LogP) is 4.74. The molecule has 0 amide bonds. The van der Waals surface area contributed by atoms with E-state index in [1.807, 2.05) is 13.0 Å². The number of anilines is 2. The predicted molar refractivity (Wildman–Crippen MR) is 82.4 cm³/mol. The van der Waals surface area contributed by atoms with Gasteiger partial charge in [0.1, 0.15) is 11.6 Å². The molecule has 2 rings (SSSR count). The van der Waals surface area contributed by atoms with E-state index in [-0.39, 0.29) is 10.8 Å². The first-order valence-electron chi connectivity index (χ1n) is 5.75. The van der Waals surface area contributed by atoms with Crippen LogP contribution >= 0.6 is 23.8 Å². The summed E-state index contributed by atoms with van der Waals surface area (Å²) in [5.74, 6) is -1.35. The van der Waals surface area contributed by atoms with E-state index >= 15 is 0 Å². The molecular formula is C14H11ClF2N2S. The van der Waals surface area contributed by atoms with Crippen molar-refractivity contribution in [3.05, 3.63) is 58.6 Å². The Bertz CT molecular complexity index is 662. The number of nitrogens with one attached hydrogen (secondary N) is 2. The van der Waals surface area contributed by atoms with Crippen LogP contribution in [0.4, 0.5) is 20.2 Å². The van der Waals surface area contributed by atoms with Crippen LogP contribution < -0.4 is 10.6 Å². The molecule has 0 unspecified atom stereocenters. The van der Waals surface area contributed by atoms with Crippen molar-refractivity contribution in [2.75, 3.05) is 10.6 Å². The molecule has 0 bridgehead atoms. The van der Waals surface area contributed by atoms with Crippen LogP contribution in [0.15, 0.2) is 36.4 Å². The molecule has 0 spiro atoms. The maximum absolute atomic E-state index is 13.5. The highest BCUT2D eigenvalue weighted by Gasteiger charge is 2.06. The molecule has 6 heteroatoms. The average molecular weight is 313 g/mol. The molecular weight excluding hydrogens is 302 g/mol. The summed E-state index contributed by atoms with van der Waals surface area (Å²) in [6.07, 6.45) is 0. The number of hydrogen-bond donors (Lipinski definition) is 2. The minimum atomic E-state index is -0.712. The van der Waals surface area contributed by atoms with Gasteiger partial charge in [0.2, 0.25) is 0 Å². The van der Waals surface area contributed by atoms with Crippen LogP contribution in [0.2, 0.25) is 5.02 Å². The zero-order valence-corrected chi connectivity index (χ0v) is 12.1. The summed E-state index contributed by atoms with van der Waals surface area (Å²) in [6.45, 7) is 1.89. The number of aryl methyl sites for hydroxylation is 1. The standard InChI is InChI=1S/C14H11ClF2N2S/c1-8-2-4-10(7-11(8)15)18-14(20)19-13-5-3-9(16)6-12(13)17/h2-7H,1H3,(H2,18,19,20). The van der Waals surface area contributed by atoms with Crippen LogP contribution in [-0.2, 0) is 0 Å². The first-order chi connectivity index (χ1) is 9.45. The topological polar surface area (TPSA) is 24.1 Å². The Morgan fingerprint density at radius 3 is 2.50 bits per heavy atom. The lowest BCUT2D eigenvalue weighted by atomic mass is 10.2. The van der Waals surface area contributed by atoms with E-state index < -0.39 is 11.6 Å². The molecule has 104 valence electrons. The Morgan fingerprint density at radius 2 is 1.85 bits per heavy atom. The van der Waals surface area contributed by atoms with Gasteiger partial charge < -0.3 is 10.6 Å². The molecule has 0 aliphatic heterocycles. The minimum Gasteiger partial charge on any atom is -0.332 e. The minimum absolute atomic E-state index is 0.0992. The molecule has 0 saturated carbocycles. The van der Waals surface area contributed by atoms with E-state index in [1.165, 1.54) is 6.07 Å². The summed E-state index contributed by atoms with van der Waals surface area (Å²) >= 11 is 11.1. The lowest BCUT2D eigenvalue weighted by Crippen LogP contribution is -2.19. The molecule has 0 heterocycles. The smallest absolute Gasteiger partial charge is 0.175 e. The molecule has 0 atom stereocenters. The number of thiocarbonyl (C=S) groups is 1. The van der Waals surface area contributed by atoms with Crippen LogP contribution in [0.3, 0.4) is 0 Å². The molecule has 2 nitrogen and oxygen atoms in total. The normalized spacial score (nSPS) is 10.2. The summed E-state index contributed by atoms with van der Waals surface area (Å²) in [4.78, 5) is 0. The summed E-state index contributed by atoms with van der Waals surface area (Å²) < 4.78 is 26.2. The van der Waals surface area contributed by atoms with Gasteiger partial charge >= 0.3 is 0 Å². The fourth-order valence-corrected chi connectivity index (χ4v) is 1.95. The maximum Gasteiger partial charge on any atom is 0.175 e. The second-order valence-corrected chi connectivity index (χ2v) is 4.98. The molecule has 0 fully saturated rings. The van der Waals surface area contributed by atoms with Crippen LogP contribution in [-0.4, -0.2) is 5.11 Å². The van der Waals surface area contributed by atoms with Crippen molar-refractivity contribution in [3.8, 4) is 0 Å². The van der Waals surface area contributed by atoms with E-state index in [0.29, 0.717) is 10.7 Å². The third-order valence-corrected chi connectivity index (χ3v) is 3.22. The Balaban J connectivity index is 2.07. The van der Waals surface area contributed by atoms with Crippen LogP contribution in [0.25, 0.3) is 0 Å². The van der Waals surface area contributed by atoms with Crippen molar-refractivity contribution in [3.63, 3.8) is 0 Å². The molecule has 0 saturated heterocycles. The summed E-state index contributed by atoms with van der Waals surface area (Å²) in [5, 5.41) is 6.32. The van der Waals surface area contributed by atoms with E-state index in [2.05, 4.69) is 10.6 Å². The fraction of sp³-hybridized carbons (Fsp3) is 0.0714. The van der Waals surface area contributed by atoms with E-state index in [9.17, 15) is 8.78 Å². The third kappa shape index (κ3) is 3.65. The van der Waals surface area contributed by atoms with Gasteiger partial charge in [-0.05, 0) is 49.0 Å². The van der Waals surface area contributed by atoms with Crippen molar-refractivity contribution >= 4 is 40.3 Å². The molecule has 0 aromatic heterocycles. The van der Waals surface area contributed by atoms with Crippen molar-refractivity contribution < 1.29 is 8.78 Å². The van der Waals surface area contributed by atoms with Gasteiger partial charge in [0.05, 0.1) is 5.69 Å². The van der Waals surface area contributed by atoms with Gasteiger partial charge in [-0.15, -0.1) is 0 Å². The molecule has 20 heavy (non-hydrogen) atoms. The van der Waals surface area contributed by atoms with Gasteiger partial charge in [-0.25, -0.2) is 8.78 Å². The second kappa shape index (κ2) is 6.15. The quantitative estimate of drug-likeness (QED) is 0.784. The number of benzene rings is 2. The van der Waals surface area contributed by atoms with E-state index in [1.54, 1.807) is 12.1 Å². The van der Waals surface area contributed by atoms with Gasteiger partial charge in [0.25, 0.3) is 0 Å². The highest BCUT2D eigenvalue weighted by molar-refractivity contribution is 7.80. The lowest BCUT2D eigenvalue weighted by Gasteiger charge is -2.12. The highest BCUT2D eigenvalue weighted by atomic mass is 35.5. The number of rotatable bonds is 2. The second-order valence-electron chi connectivity index (χ2n) is 4.17. The Labute approximate surface area is 125 Å². The summed E-state index contributed by atoms with van der Waals surface area (Å²) in [6, 6.07) is 8.57. The maximum atomic E-state index is 13.5. The van der Waals surface area contributed by atoms with E-state index in [0.717, 1.165) is 17.7 Å². The van der Waals surface area contributed by atoms with Gasteiger partial charge in [0, 0.05) is 16.8 Å². The molecule has 2 aromatic rings. The summed E-state index contributed by atoms with van der Waals surface area (Å²) in [5.41, 5.74) is 1.73. The molecule has 0 aliphatic rings. The fourth-order valence-electron chi connectivity index (χ4n) is 1.55. The van der Waals surface area contributed by atoms with Crippen LogP contribution in [0.5, 0.6) is 0 Å². The molecule has 0 radical (unpaired) electrons. The Kier molecular flexibility index (Phi) is 4.52. The van der Waals surface area contributed by atoms with Crippen molar-refractivity contribution in [2.45, 2.75) is 6.92 Å². The molecule has 2 aromatic carbocycles. The largest absolute Gasteiger partial charge is 0.332 e. The lowest BCUT2D eigenvalue weighted by molar-refractivity contribution is 0.586. The SMILES string of the molecule is Cc1ccc(NC(=S)Nc2ccc(F)cc2F)cc1Cl. The highest BCUT2D eigenvalue weighted by Crippen LogP contribution is 2.20. The number of hydrogen-bond acceptors (Lipinski definition) is 1. The van der Waals surface area contributed by atoms with Gasteiger partial charge in [0.15, 0.2) is 5.11 Å². The van der Waals surface area contributed by atoms with Crippen molar-refractivity contribution in [1.82, 2.24) is 0 Å². The Hall–Kier alpha value is -1.72. The monoisotopic (exact) mass is 312 g/mol. The zero-order valence-electron chi connectivity index (χ0n) is 10.5. The third-order valence-electron chi connectivity index (χ3n) is 2.61. The molecule has 0 aliphatic carbocycles. The molecule has 2 N–H and O–H groups in total. The summed E-state index contributed by atoms with van der Waals surface area (Å²) in [7, 11) is 0. The van der Waals surface area contributed by atoms with Crippen molar-refractivity contribution in [2.24, 2.45) is 0 Å². The zero-order chi connectivity index (χ0) is 14.7. The average Bonchev–Trinajstić information content (AvgIpc) is 2.37. The van der Waals surface area contributed by atoms with Crippen LogP contribution in [0.1, 0.15) is 5.56 Å². The Morgan fingerprint density at radius 1 is 1.10 bits per heavy atom. The van der Waals surface area contributed by atoms with Gasteiger partial charge in [-0.2, -0.15) is 0 Å².